The second-order valence-corrected chi connectivity index (χ2v) is 14.1. The molecule has 4 aromatic rings. The Morgan fingerprint density at radius 1 is 0.556 bits per heavy atom. The Bertz CT molecular complexity index is 1800. The summed E-state index contributed by atoms with van der Waals surface area (Å²) < 4.78 is 28.4. The van der Waals surface area contributed by atoms with E-state index < -0.39 is 30.0 Å². The summed E-state index contributed by atoms with van der Waals surface area (Å²) in [7, 11) is 0. The third-order valence-electron chi connectivity index (χ3n) is 8.60. The zero-order valence-electron chi connectivity index (χ0n) is 31.3. The minimum atomic E-state index is -1.05. The molecule has 0 N–H and O–H groups in total. The Kier molecular flexibility index (Phi) is 17.5. The second kappa shape index (κ2) is 22.5. The van der Waals surface area contributed by atoms with Crippen molar-refractivity contribution in [3.63, 3.8) is 0 Å². The number of carbonyl (C=O) groups excluding carboxylic acids is 4. The van der Waals surface area contributed by atoms with E-state index in [0.717, 1.165) is 52.6 Å². The van der Waals surface area contributed by atoms with Gasteiger partial charge in [0, 0.05) is 0 Å². The van der Waals surface area contributed by atoms with Crippen LogP contribution in [0.4, 0.5) is 0 Å². The number of rotatable bonds is 21. The Hall–Kier alpha value is -4.71. The van der Waals surface area contributed by atoms with Gasteiger partial charge in [-0.25, -0.2) is 19.2 Å². The molecule has 54 heavy (non-hydrogen) atoms. The number of carbonyl (C=O) groups is 4. The van der Waals surface area contributed by atoms with Crippen LogP contribution in [0.2, 0.25) is 0 Å². The molecule has 286 valence electrons. The summed E-state index contributed by atoms with van der Waals surface area (Å²) in [6.07, 6.45) is 10.1. The first-order chi connectivity index (χ1) is 26.2. The van der Waals surface area contributed by atoms with Crippen molar-refractivity contribution in [2.24, 2.45) is 0 Å². The van der Waals surface area contributed by atoms with E-state index in [1.165, 1.54) is 87.6 Å². The third kappa shape index (κ3) is 13.6. The molecule has 0 radical (unpaired) electrons. The SMILES string of the molecule is CCCCCCCCOc1ccc(-c2ccc(C(=O)Oc3ccc(C(=O)Oc4ccc(C(=O)OC(C)C(=O)OCCCCCC)cc4)cc3)cc2)cc1I. The molecular weight excluding hydrogens is 799 g/mol. The predicted octanol–water partition coefficient (Wildman–Crippen LogP) is 10.8. The fourth-order valence-corrected chi connectivity index (χ4v) is 6.08. The zero-order valence-corrected chi connectivity index (χ0v) is 33.4. The Labute approximate surface area is 331 Å². The lowest BCUT2D eigenvalue weighted by Crippen LogP contribution is -2.26. The summed E-state index contributed by atoms with van der Waals surface area (Å²) in [5.74, 6) is -1.12. The van der Waals surface area contributed by atoms with Crippen molar-refractivity contribution in [2.45, 2.75) is 91.1 Å². The van der Waals surface area contributed by atoms with Crippen LogP contribution < -0.4 is 14.2 Å². The van der Waals surface area contributed by atoms with Gasteiger partial charge >= 0.3 is 23.9 Å². The smallest absolute Gasteiger partial charge is 0.347 e. The van der Waals surface area contributed by atoms with Crippen LogP contribution in [0, 0.1) is 3.57 Å². The summed E-state index contributed by atoms with van der Waals surface area (Å²) in [4.78, 5) is 50.3. The maximum absolute atomic E-state index is 12.9. The molecule has 0 aliphatic heterocycles. The number of benzene rings is 4. The van der Waals surface area contributed by atoms with Gasteiger partial charge < -0.3 is 23.7 Å². The number of ether oxygens (including phenoxy) is 5. The third-order valence-corrected chi connectivity index (χ3v) is 9.44. The van der Waals surface area contributed by atoms with Crippen molar-refractivity contribution >= 4 is 46.5 Å². The Morgan fingerprint density at radius 3 is 1.57 bits per heavy atom. The van der Waals surface area contributed by atoms with Gasteiger partial charge in [-0.15, -0.1) is 0 Å². The maximum Gasteiger partial charge on any atom is 0.347 e. The molecule has 4 aromatic carbocycles. The quantitative estimate of drug-likeness (QED) is 0.0350. The molecule has 0 fully saturated rings. The molecule has 0 amide bonds. The molecule has 10 heteroatoms. The molecule has 1 atom stereocenters. The van der Waals surface area contributed by atoms with Gasteiger partial charge in [0.05, 0.1) is 33.5 Å². The molecule has 0 aliphatic rings. The van der Waals surface area contributed by atoms with Crippen LogP contribution in [0.25, 0.3) is 11.1 Å². The molecule has 0 aliphatic carbocycles. The fraction of sp³-hybridized carbons (Fsp3) is 0.364. The highest BCUT2D eigenvalue weighted by Gasteiger charge is 2.21. The van der Waals surface area contributed by atoms with Crippen LogP contribution in [0.5, 0.6) is 17.2 Å². The molecule has 0 aromatic heterocycles. The lowest BCUT2D eigenvalue weighted by Gasteiger charge is -2.13. The van der Waals surface area contributed by atoms with Crippen molar-refractivity contribution in [1.29, 1.82) is 0 Å². The number of hydrogen-bond acceptors (Lipinski definition) is 9. The van der Waals surface area contributed by atoms with E-state index in [1.54, 1.807) is 12.1 Å². The highest BCUT2D eigenvalue weighted by Crippen LogP contribution is 2.29. The van der Waals surface area contributed by atoms with Gasteiger partial charge in [0.25, 0.3) is 0 Å². The number of halogens is 1. The van der Waals surface area contributed by atoms with Crippen LogP contribution >= 0.6 is 22.6 Å². The number of unbranched alkanes of at least 4 members (excludes halogenated alkanes) is 8. The van der Waals surface area contributed by atoms with E-state index in [1.807, 2.05) is 24.3 Å². The maximum atomic E-state index is 12.9. The summed E-state index contributed by atoms with van der Waals surface area (Å²) in [5, 5.41) is 0. The van der Waals surface area contributed by atoms with Crippen molar-refractivity contribution in [1.82, 2.24) is 0 Å². The first-order valence-corrected chi connectivity index (χ1v) is 19.8. The van der Waals surface area contributed by atoms with Gasteiger partial charge in [-0.05, 0) is 126 Å². The lowest BCUT2D eigenvalue weighted by atomic mass is 10.0. The summed E-state index contributed by atoms with van der Waals surface area (Å²) in [6.45, 7) is 6.78. The molecule has 0 bridgehead atoms. The van der Waals surface area contributed by atoms with Gasteiger partial charge in [0.15, 0.2) is 6.10 Å². The molecule has 1 unspecified atom stereocenters. The minimum absolute atomic E-state index is 0.186. The van der Waals surface area contributed by atoms with Crippen LogP contribution in [0.3, 0.4) is 0 Å². The van der Waals surface area contributed by atoms with Gasteiger partial charge in [-0.1, -0.05) is 83.4 Å². The minimum Gasteiger partial charge on any atom is -0.492 e. The summed E-state index contributed by atoms with van der Waals surface area (Å²) in [5.41, 5.74) is 2.79. The van der Waals surface area contributed by atoms with Gasteiger partial charge in [0.2, 0.25) is 0 Å². The number of hydrogen-bond donors (Lipinski definition) is 0. The zero-order chi connectivity index (χ0) is 38.7. The highest BCUT2D eigenvalue weighted by atomic mass is 127. The average molecular weight is 849 g/mol. The molecule has 9 nitrogen and oxygen atoms in total. The van der Waals surface area contributed by atoms with Crippen LogP contribution in [0.1, 0.15) is 116 Å². The molecule has 4 rings (SSSR count). The van der Waals surface area contributed by atoms with Crippen molar-refractivity contribution in [3.05, 3.63) is 111 Å². The van der Waals surface area contributed by atoms with Crippen LogP contribution in [-0.2, 0) is 14.3 Å². The summed E-state index contributed by atoms with van der Waals surface area (Å²) >= 11 is 2.29. The Morgan fingerprint density at radius 2 is 1.02 bits per heavy atom. The normalized spacial score (nSPS) is 11.3. The molecule has 0 saturated carbocycles. The van der Waals surface area contributed by atoms with Crippen LogP contribution in [0.15, 0.2) is 91.0 Å². The summed E-state index contributed by atoms with van der Waals surface area (Å²) in [6, 6.07) is 25.1. The molecule has 0 spiro atoms. The molecule has 0 heterocycles. The lowest BCUT2D eigenvalue weighted by molar-refractivity contribution is -0.153. The predicted molar refractivity (Wildman–Crippen MR) is 216 cm³/mol. The monoisotopic (exact) mass is 848 g/mol. The van der Waals surface area contributed by atoms with E-state index in [-0.39, 0.29) is 29.2 Å². The first-order valence-electron chi connectivity index (χ1n) is 18.7. The van der Waals surface area contributed by atoms with Crippen molar-refractivity contribution in [3.8, 4) is 28.4 Å². The largest absolute Gasteiger partial charge is 0.492 e. The van der Waals surface area contributed by atoms with Gasteiger partial charge in [-0.3, -0.25) is 0 Å². The Balaban J connectivity index is 1.22. The molecular formula is C44H49IO9. The number of esters is 4. The second-order valence-electron chi connectivity index (χ2n) is 12.9. The standard InChI is InChI=1S/C44H49IO9/c1-4-6-8-10-11-13-28-50-40-27-22-36(30-39(40)45)32-14-16-33(17-15-32)43(48)53-38-25-20-35(21-26-38)44(49)54-37-23-18-34(19-24-37)42(47)52-31(3)41(46)51-29-12-9-7-5-2/h14-27,30-31H,4-13,28-29H2,1-3H3. The highest BCUT2D eigenvalue weighted by molar-refractivity contribution is 14.1. The van der Waals surface area contributed by atoms with Crippen molar-refractivity contribution < 1.29 is 42.9 Å². The van der Waals surface area contributed by atoms with Gasteiger partial charge in [0.1, 0.15) is 17.2 Å². The topological polar surface area (TPSA) is 114 Å². The van der Waals surface area contributed by atoms with E-state index in [4.69, 9.17) is 23.7 Å². The van der Waals surface area contributed by atoms with E-state index in [9.17, 15) is 19.2 Å². The van der Waals surface area contributed by atoms with E-state index in [0.29, 0.717) is 12.2 Å². The average Bonchev–Trinajstić information content (AvgIpc) is 3.18. The van der Waals surface area contributed by atoms with Gasteiger partial charge in [-0.2, -0.15) is 0 Å². The van der Waals surface area contributed by atoms with Crippen molar-refractivity contribution in [2.75, 3.05) is 13.2 Å². The first kappa shape index (κ1) is 42.0. The fourth-order valence-electron chi connectivity index (χ4n) is 5.41. The van der Waals surface area contributed by atoms with E-state index in [2.05, 4.69) is 42.5 Å². The molecule has 0 saturated heterocycles. The van der Waals surface area contributed by atoms with Crippen LogP contribution in [-0.4, -0.2) is 43.2 Å². The van der Waals surface area contributed by atoms with E-state index >= 15 is 0 Å².